The molecule has 0 spiro atoms. The minimum atomic E-state index is -0.465. The lowest BCUT2D eigenvalue weighted by atomic mass is 10.2. The van der Waals surface area contributed by atoms with E-state index in [0.717, 1.165) is 16.0 Å². The second-order valence-electron chi connectivity index (χ2n) is 7.24. The third-order valence-electron chi connectivity index (χ3n) is 5.03. The van der Waals surface area contributed by atoms with Crippen LogP contribution in [-0.4, -0.2) is 22.5 Å². The minimum absolute atomic E-state index is 0.0520. The SMILES string of the molecule is CCOc1ccc2nc(N(Cc3ccccn3)C(=O)c3cc(=O)c4ccccc4o3)sc2c1. The predicted molar refractivity (Wildman–Crippen MR) is 128 cm³/mol. The van der Waals surface area contributed by atoms with Crippen molar-refractivity contribution in [3.8, 4) is 5.75 Å². The molecule has 0 atom stereocenters. The van der Waals surface area contributed by atoms with E-state index in [4.69, 9.17) is 9.15 Å². The van der Waals surface area contributed by atoms with E-state index >= 15 is 0 Å². The zero-order valence-corrected chi connectivity index (χ0v) is 18.5. The minimum Gasteiger partial charge on any atom is -0.494 e. The van der Waals surface area contributed by atoms with Crippen LogP contribution in [0.5, 0.6) is 5.75 Å². The summed E-state index contributed by atoms with van der Waals surface area (Å²) < 4.78 is 12.3. The first-order valence-corrected chi connectivity index (χ1v) is 11.2. The molecule has 0 saturated heterocycles. The Kier molecular flexibility index (Phi) is 5.58. The van der Waals surface area contributed by atoms with E-state index in [1.54, 1.807) is 30.5 Å². The molecule has 2 aromatic carbocycles. The summed E-state index contributed by atoms with van der Waals surface area (Å²) in [6.45, 7) is 2.66. The van der Waals surface area contributed by atoms with Crippen LogP contribution < -0.4 is 15.1 Å². The summed E-state index contributed by atoms with van der Waals surface area (Å²) in [5.74, 6) is 0.222. The lowest BCUT2D eigenvalue weighted by Gasteiger charge is -2.19. The fraction of sp³-hybridized carbons (Fsp3) is 0.120. The van der Waals surface area contributed by atoms with Crippen molar-refractivity contribution in [2.75, 3.05) is 11.5 Å². The fourth-order valence-electron chi connectivity index (χ4n) is 3.49. The maximum Gasteiger partial charge on any atom is 0.296 e. The van der Waals surface area contributed by atoms with Crippen LogP contribution in [0.4, 0.5) is 5.13 Å². The van der Waals surface area contributed by atoms with Gasteiger partial charge in [-0.3, -0.25) is 19.5 Å². The fourth-order valence-corrected chi connectivity index (χ4v) is 4.48. The first-order valence-electron chi connectivity index (χ1n) is 10.4. The molecule has 33 heavy (non-hydrogen) atoms. The molecule has 0 aliphatic carbocycles. The number of anilines is 1. The van der Waals surface area contributed by atoms with Crippen molar-refractivity contribution in [1.29, 1.82) is 0 Å². The highest BCUT2D eigenvalue weighted by atomic mass is 32.1. The van der Waals surface area contributed by atoms with Gasteiger partial charge in [-0.2, -0.15) is 0 Å². The van der Waals surface area contributed by atoms with Gasteiger partial charge in [0.2, 0.25) is 0 Å². The van der Waals surface area contributed by atoms with Gasteiger partial charge in [0, 0.05) is 12.3 Å². The maximum absolute atomic E-state index is 13.6. The highest BCUT2D eigenvalue weighted by Crippen LogP contribution is 2.33. The summed E-state index contributed by atoms with van der Waals surface area (Å²) in [7, 11) is 0. The number of carbonyl (C=O) groups excluding carboxylic acids is 1. The third kappa shape index (κ3) is 4.20. The van der Waals surface area contributed by atoms with Crippen LogP contribution in [0, 0.1) is 0 Å². The van der Waals surface area contributed by atoms with Crippen molar-refractivity contribution < 1.29 is 13.9 Å². The molecule has 164 valence electrons. The highest BCUT2D eigenvalue weighted by molar-refractivity contribution is 7.22. The van der Waals surface area contributed by atoms with Gasteiger partial charge < -0.3 is 9.15 Å². The molecule has 3 aromatic heterocycles. The molecular formula is C25H19N3O4S. The Morgan fingerprint density at radius 1 is 1.09 bits per heavy atom. The topological polar surface area (TPSA) is 85.5 Å². The normalized spacial score (nSPS) is 11.1. The number of ether oxygens (including phenoxy) is 1. The summed E-state index contributed by atoms with van der Waals surface area (Å²) in [5.41, 5.74) is 1.51. The highest BCUT2D eigenvalue weighted by Gasteiger charge is 2.25. The quantitative estimate of drug-likeness (QED) is 0.355. The number of rotatable bonds is 6. The Labute approximate surface area is 192 Å². The number of fused-ring (bicyclic) bond motifs is 2. The largest absolute Gasteiger partial charge is 0.494 e. The van der Waals surface area contributed by atoms with Crippen LogP contribution >= 0.6 is 11.3 Å². The number of benzene rings is 2. The standard InChI is InChI=1S/C25H19N3O4S/c1-2-31-17-10-11-19-23(13-17)33-25(27-19)28(15-16-7-5-6-12-26-16)24(30)22-14-20(29)18-8-3-4-9-21(18)32-22/h3-14H,2,15H2,1H3. The zero-order chi connectivity index (χ0) is 22.8. The number of thiazole rings is 1. The molecule has 0 N–H and O–H groups in total. The number of para-hydroxylation sites is 1. The van der Waals surface area contributed by atoms with Gasteiger partial charge in [0.05, 0.1) is 34.4 Å². The first-order chi connectivity index (χ1) is 16.1. The molecule has 0 aliphatic rings. The van der Waals surface area contributed by atoms with Gasteiger partial charge in [0.25, 0.3) is 5.91 Å². The van der Waals surface area contributed by atoms with E-state index in [-0.39, 0.29) is 17.7 Å². The molecule has 5 rings (SSSR count). The molecule has 7 nitrogen and oxygen atoms in total. The van der Waals surface area contributed by atoms with Crippen LogP contribution in [0.1, 0.15) is 23.2 Å². The molecule has 0 radical (unpaired) electrons. The number of aromatic nitrogens is 2. The Balaban J connectivity index is 1.59. The molecule has 0 fully saturated rings. The van der Waals surface area contributed by atoms with Crippen LogP contribution in [0.3, 0.4) is 0 Å². The van der Waals surface area contributed by atoms with Gasteiger partial charge in [-0.1, -0.05) is 29.5 Å². The number of carbonyl (C=O) groups is 1. The average Bonchev–Trinajstić information content (AvgIpc) is 3.26. The van der Waals surface area contributed by atoms with Crippen LogP contribution in [-0.2, 0) is 6.54 Å². The summed E-state index contributed by atoms with van der Waals surface area (Å²) in [6.07, 6.45) is 1.67. The summed E-state index contributed by atoms with van der Waals surface area (Å²) >= 11 is 1.36. The van der Waals surface area contributed by atoms with Gasteiger partial charge in [-0.15, -0.1) is 0 Å². The second-order valence-corrected chi connectivity index (χ2v) is 8.25. The van der Waals surface area contributed by atoms with Gasteiger partial charge in [0.1, 0.15) is 11.3 Å². The molecule has 1 amide bonds. The number of hydrogen-bond donors (Lipinski definition) is 0. The molecule has 0 saturated carbocycles. The van der Waals surface area contributed by atoms with Crippen molar-refractivity contribution in [1.82, 2.24) is 9.97 Å². The van der Waals surface area contributed by atoms with Crippen molar-refractivity contribution >= 4 is 43.6 Å². The zero-order valence-electron chi connectivity index (χ0n) is 17.7. The molecule has 8 heteroatoms. The van der Waals surface area contributed by atoms with E-state index in [0.29, 0.717) is 28.4 Å². The van der Waals surface area contributed by atoms with E-state index < -0.39 is 5.91 Å². The molecule has 5 aromatic rings. The number of pyridine rings is 1. The van der Waals surface area contributed by atoms with Crippen molar-refractivity contribution in [2.45, 2.75) is 13.5 Å². The van der Waals surface area contributed by atoms with E-state index in [1.165, 1.54) is 22.3 Å². The molecular weight excluding hydrogens is 438 g/mol. The molecule has 0 unspecified atom stereocenters. The van der Waals surface area contributed by atoms with Crippen molar-refractivity contribution in [2.24, 2.45) is 0 Å². The monoisotopic (exact) mass is 457 g/mol. The lowest BCUT2D eigenvalue weighted by molar-refractivity contribution is 0.0958. The van der Waals surface area contributed by atoms with Crippen molar-refractivity contribution in [3.63, 3.8) is 0 Å². The number of amides is 1. The van der Waals surface area contributed by atoms with Crippen LogP contribution in [0.25, 0.3) is 21.2 Å². The van der Waals surface area contributed by atoms with Crippen LogP contribution in [0.2, 0.25) is 0 Å². The first kappa shape index (κ1) is 20.8. The van der Waals surface area contributed by atoms with Crippen LogP contribution in [0.15, 0.2) is 82.1 Å². The number of nitrogens with zero attached hydrogens (tertiary/aromatic N) is 3. The van der Waals surface area contributed by atoms with Gasteiger partial charge in [-0.25, -0.2) is 4.98 Å². The third-order valence-corrected chi connectivity index (χ3v) is 6.07. The second kappa shape index (κ2) is 8.84. The molecule has 0 bridgehead atoms. The van der Waals surface area contributed by atoms with E-state index in [1.807, 2.05) is 43.3 Å². The van der Waals surface area contributed by atoms with Gasteiger partial charge in [0.15, 0.2) is 16.3 Å². The maximum atomic E-state index is 13.6. The summed E-state index contributed by atoms with van der Waals surface area (Å²) in [5, 5.41) is 0.902. The average molecular weight is 458 g/mol. The smallest absolute Gasteiger partial charge is 0.296 e. The van der Waals surface area contributed by atoms with Gasteiger partial charge in [-0.05, 0) is 49.4 Å². The number of hydrogen-bond acceptors (Lipinski definition) is 7. The van der Waals surface area contributed by atoms with E-state index in [9.17, 15) is 9.59 Å². The Hall–Kier alpha value is -4.04. The summed E-state index contributed by atoms with van der Waals surface area (Å²) in [4.78, 5) is 36.7. The molecule has 0 aliphatic heterocycles. The Bertz CT molecular complexity index is 1510. The Morgan fingerprint density at radius 3 is 2.76 bits per heavy atom. The van der Waals surface area contributed by atoms with Crippen molar-refractivity contribution in [3.05, 3.63) is 94.6 Å². The van der Waals surface area contributed by atoms with E-state index in [2.05, 4.69) is 9.97 Å². The Morgan fingerprint density at radius 2 is 1.94 bits per heavy atom. The van der Waals surface area contributed by atoms with Gasteiger partial charge >= 0.3 is 0 Å². The summed E-state index contributed by atoms with van der Waals surface area (Å²) in [6, 6.07) is 19.2. The predicted octanol–water partition coefficient (Wildman–Crippen LogP) is 5.04. The molecule has 3 heterocycles. The lowest BCUT2D eigenvalue weighted by Crippen LogP contribution is -2.31.